The first kappa shape index (κ1) is 12.8. The van der Waals surface area contributed by atoms with Gasteiger partial charge in [-0.3, -0.25) is 4.79 Å². The van der Waals surface area contributed by atoms with E-state index < -0.39 is 0 Å². The lowest BCUT2D eigenvalue weighted by Gasteiger charge is -2.23. The molecule has 0 atom stereocenters. The van der Waals surface area contributed by atoms with Gasteiger partial charge in [0.25, 0.3) is 0 Å². The molecule has 0 aromatic heterocycles. The van der Waals surface area contributed by atoms with Gasteiger partial charge >= 0.3 is 0 Å². The van der Waals surface area contributed by atoms with E-state index in [1.165, 1.54) is 12.8 Å². The molecule has 2 rings (SSSR count). The highest BCUT2D eigenvalue weighted by molar-refractivity contribution is 5.85. The molecule has 15 heavy (non-hydrogen) atoms. The third kappa shape index (κ3) is 3.35. The summed E-state index contributed by atoms with van der Waals surface area (Å²) in [6.45, 7) is 5.16. The number of carbonyl (C=O) groups excluding carboxylic acids is 1. The van der Waals surface area contributed by atoms with Crippen molar-refractivity contribution in [1.29, 1.82) is 0 Å². The van der Waals surface area contributed by atoms with Crippen molar-refractivity contribution in [3.8, 4) is 0 Å². The van der Waals surface area contributed by atoms with Crippen LogP contribution >= 0.6 is 12.4 Å². The van der Waals surface area contributed by atoms with Crippen LogP contribution in [0.5, 0.6) is 0 Å². The molecule has 2 aliphatic rings. The number of halogens is 1. The van der Waals surface area contributed by atoms with E-state index in [9.17, 15) is 4.79 Å². The SMILES string of the molecule is CC1(C(=O)NCC2CCNCC2)CC1.Cl. The molecule has 0 bridgehead atoms. The summed E-state index contributed by atoms with van der Waals surface area (Å²) in [5, 5.41) is 6.42. The second-order valence-corrected chi connectivity index (χ2v) is 4.96. The smallest absolute Gasteiger partial charge is 0.225 e. The average Bonchev–Trinajstić information content (AvgIpc) is 2.96. The van der Waals surface area contributed by atoms with Gasteiger partial charge in [-0.25, -0.2) is 0 Å². The predicted octanol–water partition coefficient (Wildman–Crippen LogP) is 1.32. The van der Waals surface area contributed by atoms with Gasteiger partial charge in [0.1, 0.15) is 0 Å². The van der Waals surface area contributed by atoms with Crippen LogP contribution in [-0.4, -0.2) is 25.5 Å². The lowest BCUT2D eigenvalue weighted by molar-refractivity contribution is -0.125. The van der Waals surface area contributed by atoms with Gasteiger partial charge in [-0.05, 0) is 44.7 Å². The van der Waals surface area contributed by atoms with Crippen molar-refractivity contribution < 1.29 is 4.79 Å². The molecule has 3 nitrogen and oxygen atoms in total. The maximum Gasteiger partial charge on any atom is 0.225 e. The second kappa shape index (κ2) is 5.17. The van der Waals surface area contributed by atoms with E-state index in [0.29, 0.717) is 5.92 Å². The molecule has 2 fully saturated rings. The Balaban J connectivity index is 0.00000112. The van der Waals surface area contributed by atoms with Crippen LogP contribution in [0.3, 0.4) is 0 Å². The number of rotatable bonds is 3. The molecular formula is C11H21ClN2O. The third-order valence-electron chi connectivity index (χ3n) is 3.56. The topological polar surface area (TPSA) is 41.1 Å². The Kier molecular flexibility index (Phi) is 4.41. The first-order chi connectivity index (χ1) is 6.71. The number of amides is 1. The minimum atomic E-state index is -0.00703. The zero-order chi connectivity index (χ0) is 10.0. The normalized spacial score (nSPS) is 24.1. The molecule has 0 aromatic carbocycles. The Labute approximate surface area is 97.8 Å². The number of nitrogens with one attached hydrogen (secondary N) is 2. The van der Waals surface area contributed by atoms with E-state index in [4.69, 9.17) is 0 Å². The summed E-state index contributed by atoms with van der Waals surface area (Å²) in [6.07, 6.45) is 4.56. The molecule has 2 N–H and O–H groups in total. The molecule has 0 unspecified atom stereocenters. The summed E-state index contributed by atoms with van der Waals surface area (Å²) in [5.41, 5.74) is -0.00703. The van der Waals surface area contributed by atoms with Crippen LogP contribution in [0.15, 0.2) is 0 Å². The minimum absolute atomic E-state index is 0. The molecule has 0 radical (unpaired) electrons. The molecule has 1 saturated carbocycles. The predicted molar refractivity (Wildman–Crippen MR) is 63.2 cm³/mol. The molecule has 1 amide bonds. The fourth-order valence-electron chi connectivity index (χ4n) is 1.95. The van der Waals surface area contributed by atoms with Crippen molar-refractivity contribution in [2.75, 3.05) is 19.6 Å². The summed E-state index contributed by atoms with van der Waals surface area (Å²) in [5.74, 6) is 0.971. The summed E-state index contributed by atoms with van der Waals surface area (Å²) in [6, 6.07) is 0. The van der Waals surface area contributed by atoms with Crippen LogP contribution < -0.4 is 10.6 Å². The van der Waals surface area contributed by atoms with E-state index in [1.54, 1.807) is 0 Å². The molecule has 0 aromatic rings. The lowest BCUT2D eigenvalue weighted by Crippen LogP contribution is -2.38. The standard InChI is InChI=1S/C11H20N2O.ClH/c1-11(4-5-11)10(14)13-8-9-2-6-12-7-3-9;/h9,12H,2-8H2,1H3,(H,13,14);1H. The zero-order valence-corrected chi connectivity index (χ0v) is 10.2. The number of carbonyl (C=O) groups is 1. The van der Waals surface area contributed by atoms with Gasteiger partial charge in [-0.1, -0.05) is 6.92 Å². The molecule has 1 aliphatic heterocycles. The van der Waals surface area contributed by atoms with Crippen LogP contribution in [0, 0.1) is 11.3 Å². The Hall–Kier alpha value is -0.280. The maximum absolute atomic E-state index is 11.6. The van der Waals surface area contributed by atoms with E-state index >= 15 is 0 Å². The highest BCUT2D eigenvalue weighted by Crippen LogP contribution is 2.44. The van der Waals surface area contributed by atoms with E-state index in [-0.39, 0.29) is 23.7 Å². The summed E-state index contributed by atoms with van der Waals surface area (Å²) < 4.78 is 0. The van der Waals surface area contributed by atoms with Crippen molar-refractivity contribution in [2.45, 2.75) is 32.6 Å². The molecule has 88 valence electrons. The maximum atomic E-state index is 11.6. The molecule has 4 heteroatoms. The Morgan fingerprint density at radius 3 is 2.53 bits per heavy atom. The van der Waals surface area contributed by atoms with Crippen molar-refractivity contribution in [1.82, 2.24) is 10.6 Å². The number of hydrogen-bond donors (Lipinski definition) is 2. The molecule has 1 heterocycles. The quantitative estimate of drug-likeness (QED) is 0.771. The van der Waals surface area contributed by atoms with Crippen LogP contribution in [0.4, 0.5) is 0 Å². The van der Waals surface area contributed by atoms with Crippen LogP contribution in [0.25, 0.3) is 0 Å². The molecule has 0 spiro atoms. The number of hydrogen-bond acceptors (Lipinski definition) is 2. The molecule has 1 saturated heterocycles. The lowest BCUT2D eigenvalue weighted by atomic mass is 9.98. The largest absolute Gasteiger partial charge is 0.355 e. The van der Waals surface area contributed by atoms with Gasteiger partial charge in [0.15, 0.2) is 0 Å². The molecular weight excluding hydrogens is 212 g/mol. The van der Waals surface area contributed by atoms with E-state index in [2.05, 4.69) is 17.6 Å². The van der Waals surface area contributed by atoms with Gasteiger partial charge < -0.3 is 10.6 Å². The molecule has 1 aliphatic carbocycles. The fraction of sp³-hybridized carbons (Fsp3) is 0.909. The first-order valence-corrected chi connectivity index (χ1v) is 5.70. The van der Waals surface area contributed by atoms with Crippen molar-refractivity contribution in [3.63, 3.8) is 0 Å². The fourth-order valence-corrected chi connectivity index (χ4v) is 1.95. The van der Waals surface area contributed by atoms with E-state index in [0.717, 1.165) is 32.5 Å². The van der Waals surface area contributed by atoms with Gasteiger partial charge in [-0.15, -0.1) is 12.4 Å². The van der Waals surface area contributed by atoms with Crippen molar-refractivity contribution in [2.24, 2.45) is 11.3 Å². The highest BCUT2D eigenvalue weighted by Gasteiger charge is 2.44. The summed E-state index contributed by atoms with van der Waals surface area (Å²) >= 11 is 0. The minimum Gasteiger partial charge on any atom is -0.355 e. The third-order valence-corrected chi connectivity index (χ3v) is 3.56. The number of piperidine rings is 1. The monoisotopic (exact) mass is 232 g/mol. The first-order valence-electron chi connectivity index (χ1n) is 5.70. The zero-order valence-electron chi connectivity index (χ0n) is 9.34. The van der Waals surface area contributed by atoms with Gasteiger partial charge in [0.2, 0.25) is 5.91 Å². The second-order valence-electron chi connectivity index (χ2n) is 4.96. The van der Waals surface area contributed by atoms with Crippen LogP contribution in [-0.2, 0) is 4.79 Å². The van der Waals surface area contributed by atoms with Gasteiger partial charge in [0, 0.05) is 12.0 Å². The van der Waals surface area contributed by atoms with Crippen LogP contribution in [0.1, 0.15) is 32.6 Å². The van der Waals surface area contributed by atoms with Gasteiger partial charge in [-0.2, -0.15) is 0 Å². The van der Waals surface area contributed by atoms with E-state index in [1.807, 2.05) is 0 Å². The Morgan fingerprint density at radius 1 is 1.40 bits per heavy atom. The highest BCUT2D eigenvalue weighted by atomic mass is 35.5. The Morgan fingerprint density at radius 2 is 2.00 bits per heavy atom. The van der Waals surface area contributed by atoms with Crippen molar-refractivity contribution in [3.05, 3.63) is 0 Å². The van der Waals surface area contributed by atoms with Crippen LogP contribution in [0.2, 0.25) is 0 Å². The van der Waals surface area contributed by atoms with Gasteiger partial charge in [0.05, 0.1) is 0 Å². The Bertz CT molecular complexity index is 223. The van der Waals surface area contributed by atoms with Crippen molar-refractivity contribution >= 4 is 18.3 Å². The summed E-state index contributed by atoms with van der Waals surface area (Å²) in [4.78, 5) is 11.6. The summed E-state index contributed by atoms with van der Waals surface area (Å²) in [7, 11) is 0. The average molecular weight is 233 g/mol.